The van der Waals surface area contributed by atoms with Gasteiger partial charge in [0.2, 0.25) is 0 Å². The number of halogens is 1. The fraction of sp³-hybridized carbons (Fsp3) is 0.333. The first kappa shape index (κ1) is 15.6. The molecule has 0 bridgehead atoms. The number of amides is 2. The Morgan fingerprint density at radius 3 is 3.00 bits per heavy atom. The molecule has 1 N–H and O–H groups in total. The summed E-state index contributed by atoms with van der Waals surface area (Å²) in [4.78, 5) is 17.7. The van der Waals surface area contributed by atoms with Crippen molar-refractivity contribution in [3.05, 3.63) is 58.3 Å². The van der Waals surface area contributed by atoms with Crippen LogP contribution in [0.15, 0.2) is 47.1 Å². The zero-order valence-electron chi connectivity index (χ0n) is 13.2. The molecule has 2 heterocycles. The molecule has 1 saturated heterocycles. The van der Waals surface area contributed by atoms with Crippen LogP contribution in [0, 0.1) is 0 Å². The lowest BCUT2D eigenvalue weighted by Crippen LogP contribution is -2.36. The number of fused-ring (bicyclic) bond motifs is 1. The lowest BCUT2D eigenvalue weighted by molar-refractivity contribution is 0.0341. The van der Waals surface area contributed by atoms with Gasteiger partial charge in [-0.1, -0.05) is 29.8 Å². The highest BCUT2D eigenvalue weighted by Crippen LogP contribution is 2.34. The zero-order valence-corrected chi connectivity index (χ0v) is 13.9. The summed E-state index contributed by atoms with van der Waals surface area (Å²) in [6, 6.07) is 5.73. The van der Waals surface area contributed by atoms with Crippen LogP contribution in [0.5, 0.6) is 0 Å². The molecular weight excluding hydrogens is 326 g/mol. The van der Waals surface area contributed by atoms with E-state index in [1.807, 2.05) is 30.4 Å². The Kier molecular flexibility index (Phi) is 4.22. The average Bonchev–Trinajstić information content (AvgIpc) is 2.95. The Morgan fingerprint density at radius 2 is 2.17 bits per heavy atom. The minimum Gasteiger partial charge on any atom is -0.379 e. The molecule has 0 aromatic heterocycles. The Balaban J connectivity index is 1.64. The standard InChI is InChI=1S/C18H18ClN3O2/c19-14-3-1-2-13(11-22-6-8-24-9-7-22)17(14)12-4-5-15-16(10-12)21-18(23)20-15/h1-5,10,12H,6-9,11H2,(H,21,23). The lowest BCUT2D eigenvalue weighted by Gasteiger charge is -2.28. The first-order valence-corrected chi connectivity index (χ1v) is 8.46. The van der Waals surface area contributed by atoms with Crippen LogP contribution in [-0.4, -0.2) is 42.9 Å². The van der Waals surface area contributed by atoms with Crippen LogP contribution in [0.3, 0.4) is 0 Å². The van der Waals surface area contributed by atoms with Gasteiger partial charge in [0.05, 0.1) is 24.6 Å². The highest BCUT2D eigenvalue weighted by Gasteiger charge is 2.25. The van der Waals surface area contributed by atoms with Crippen LogP contribution in [-0.2, 0) is 11.3 Å². The number of morpholine rings is 1. The second-order valence-corrected chi connectivity index (χ2v) is 6.50. The van der Waals surface area contributed by atoms with Gasteiger partial charge in [-0.2, -0.15) is 4.99 Å². The van der Waals surface area contributed by atoms with Gasteiger partial charge >= 0.3 is 6.03 Å². The lowest BCUT2D eigenvalue weighted by atomic mass is 9.89. The molecule has 2 amide bonds. The molecule has 1 aromatic rings. The molecule has 1 aliphatic carbocycles. The van der Waals surface area contributed by atoms with E-state index in [2.05, 4.69) is 21.3 Å². The van der Waals surface area contributed by atoms with Crippen molar-refractivity contribution in [1.29, 1.82) is 0 Å². The van der Waals surface area contributed by atoms with E-state index in [4.69, 9.17) is 16.3 Å². The molecule has 2 aliphatic heterocycles. The van der Waals surface area contributed by atoms with Crippen molar-refractivity contribution in [3.8, 4) is 0 Å². The van der Waals surface area contributed by atoms with Gasteiger partial charge in [-0.05, 0) is 29.3 Å². The molecule has 124 valence electrons. The molecule has 1 atom stereocenters. The number of hydrogen-bond acceptors (Lipinski definition) is 3. The maximum absolute atomic E-state index is 11.4. The molecule has 3 aliphatic rings. The van der Waals surface area contributed by atoms with Gasteiger partial charge in [-0.3, -0.25) is 4.90 Å². The molecule has 1 fully saturated rings. The maximum atomic E-state index is 11.4. The number of nitrogens with zero attached hydrogens (tertiary/aromatic N) is 2. The number of allylic oxidation sites excluding steroid dienone is 3. The minimum absolute atomic E-state index is 0.0297. The van der Waals surface area contributed by atoms with Gasteiger partial charge in [0.1, 0.15) is 0 Å². The third-order valence-electron chi connectivity index (χ3n) is 4.52. The molecule has 1 unspecified atom stereocenters. The fourth-order valence-corrected chi connectivity index (χ4v) is 3.65. The van der Waals surface area contributed by atoms with Crippen molar-refractivity contribution >= 4 is 23.3 Å². The monoisotopic (exact) mass is 343 g/mol. The average molecular weight is 344 g/mol. The van der Waals surface area contributed by atoms with E-state index in [9.17, 15) is 4.79 Å². The van der Waals surface area contributed by atoms with Crippen molar-refractivity contribution in [3.63, 3.8) is 0 Å². The molecule has 0 radical (unpaired) electrons. The van der Waals surface area contributed by atoms with E-state index in [0.29, 0.717) is 5.71 Å². The van der Waals surface area contributed by atoms with Gasteiger partial charge in [0, 0.05) is 30.6 Å². The second kappa shape index (κ2) is 6.51. The number of benzene rings is 1. The molecule has 0 spiro atoms. The summed E-state index contributed by atoms with van der Waals surface area (Å²) in [6.07, 6.45) is 5.96. The van der Waals surface area contributed by atoms with E-state index in [1.165, 1.54) is 5.56 Å². The summed E-state index contributed by atoms with van der Waals surface area (Å²) in [6.45, 7) is 4.26. The van der Waals surface area contributed by atoms with Crippen LogP contribution in [0.25, 0.3) is 0 Å². The van der Waals surface area contributed by atoms with Crippen LogP contribution >= 0.6 is 11.6 Å². The van der Waals surface area contributed by atoms with Crippen LogP contribution < -0.4 is 5.32 Å². The van der Waals surface area contributed by atoms with Crippen molar-refractivity contribution < 1.29 is 9.53 Å². The van der Waals surface area contributed by atoms with Crippen molar-refractivity contribution in [2.45, 2.75) is 12.5 Å². The number of rotatable bonds is 3. The molecule has 4 rings (SSSR count). The number of aliphatic imine (C=N–C) groups is 1. The topological polar surface area (TPSA) is 53.9 Å². The predicted octanol–water partition coefficient (Wildman–Crippen LogP) is 2.87. The minimum atomic E-state index is -0.311. The normalized spacial score (nSPS) is 23.5. The highest BCUT2D eigenvalue weighted by molar-refractivity contribution is 6.31. The summed E-state index contributed by atoms with van der Waals surface area (Å²) in [5, 5.41) is 3.52. The summed E-state index contributed by atoms with van der Waals surface area (Å²) in [7, 11) is 0. The third kappa shape index (κ3) is 3.02. The van der Waals surface area contributed by atoms with Gasteiger partial charge in [0.15, 0.2) is 0 Å². The van der Waals surface area contributed by atoms with Gasteiger partial charge in [0.25, 0.3) is 0 Å². The number of carbonyl (C=O) groups is 1. The molecule has 6 heteroatoms. The zero-order chi connectivity index (χ0) is 16.5. The largest absolute Gasteiger partial charge is 0.379 e. The number of nitrogens with one attached hydrogen (secondary N) is 1. The van der Waals surface area contributed by atoms with E-state index < -0.39 is 0 Å². The van der Waals surface area contributed by atoms with E-state index in [1.54, 1.807) is 0 Å². The van der Waals surface area contributed by atoms with E-state index >= 15 is 0 Å². The first-order chi connectivity index (χ1) is 11.7. The summed E-state index contributed by atoms with van der Waals surface area (Å²) in [5.41, 5.74) is 3.76. The Labute approximate surface area is 145 Å². The Bertz CT molecular complexity index is 764. The van der Waals surface area contributed by atoms with E-state index in [-0.39, 0.29) is 11.9 Å². The molecular formula is C18H18ClN3O2. The quantitative estimate of drug-likeness (QED) is 0.918. The molecule has 0 saturated carbocycles. The summed E-state index contributed by atoms with van der Waals surface area (Å²) < 4.78 is 5.42. The molecule has 5 nitrogen and oxygen atoms in total. The number of hydrogen-bond donors (Lipinski definition) is 1. The van der Waals surface area contributed by atoms with E-state index in [0.717, 1.165) is 49.1 Å². The van der Waals surface area contributed by atoms with Crippen LogP contribution in [0.4, 0.5) is 4.79 Å². The fourth-order valence-electron chi connectivity index (χ4n) is 3.33. The molecule has 24 heavy (non-hydrogen) atoms. The number of carbonyl (C=O) groups excluding carboxylic acids is 1. The highest BCUT2D eigenvalue weighted by atomic mass is 35.5. The predicted molar refractivity (Wildman–Crippen MR) is 93.5 cm³/mol. The SMILES string of the molecule is O=C1N=C2C=CC(c3c(Cl)cccc3CN3CCOCC3)C=C2N1. The summed E-state index contributed by atoms with van der Waals surface area (Å²) >= 11 is 6.53. The van der Waals surface area contributed by atoms with Gasteiger partial charge < -0.3 is 10.1 Å². The number of urea groups is 1. The number of ether oxygens (including phenoxy) is 1. The second-order valence-electron chi connectivity index (χ2n) is 6.09. The van der Waals surface area contributed by atoms with Gasteiger partial charge in [-0.15, -0.1) is 0 Å². The smallest absolute Gasteiger partial charge is 0.346 e. The Morgan fingerprint density at radius 1 is 1.33 bits per heavy atom. The first-order valence-electron chi connectivity index (χ1n) is 8.08. The van der Waals surface area contributed by atoms with Crippen LogP contribution in [0.2, 0.25) is 5.02 Å². The maximum Gasteiger partial charge on any atom is 0.346 e. The van der Waals surface area contributed by atoms with Crippen LogP contribution in [0.1, 0.15) is 17.0 Å². The van der Waals surface area contributed by atoms with Crippen molar-refractivity contribution in [2.75, 3.05) is 26.3 Å². The summed E-state index contributed by atoms with van der Waals surface area (Å²) in [5.74, 6) is 0.0297. The van der Waals surface area contributed by atoms with Gasteiger partial charge in [-0.25, -0.2) is 4.79 Å². The molecule has 1 aromatic carbocycles. The third-order valence-corrected chi connectivity index (χ3v) is 4.85. The van der Waals surface area contributed by atoms with Crippen molar-refractivity contribution in [2.24, 2.45) is 4.99 Å². The Hall–Kier alpha value is -1.95. The van der Waals surface area contributed by atoms with Crippen molar-refractivity contribution in [1.82, 2.24) is 10.2 Å².